The molecule has 1 aliphatic rings. The summed E-state index contributed by atoms with van der Waals surface area (Å²) in [6.07, 6.45) is 0.898. The Morgan fingerprint density at radius 1 is 1.36 bits per heavy atom. The van der Waals surface area contributed by atoms with E-state index in [1.54, 1.807) is 12.1 Å². The van der Waals surface area contributed by atoms with Gasteiger partial charge in [-0.15, -0.1) is 24.8 Å². The highest BCUT2D eigenvalue weighted by Gasteiger charge is 2.23. The van der Waals surface area contributed by atoms with E-state index in [4.69, 9.17) is 0 Å². The molecule has 0 saturated carbocycles. The van der Waals surface area contributed by atoms with Gasteiger partial charge in [-0.3, -0.25) is 4.79 Å². The Bertz CT molecular complexity index is 451. The van der Waals surface area contributed by atoms with Gasteiger partial charge in [0.25, 0.3) is 0 Å². The molecule has 0 spiro atoms. The van der Waals surface area contributed by atoms with Crippen LogP contribution in [0, 0.1) is 11.7 Å². The van der Waals surface area contributed by atoms with E-state index in [9.17, 15) is 9.18 Å². The highest BCUT2D eigenvalue weighted by molar-refractivity contribution is 5.85. The molecule has 2 atom stereocenters. The molecule has 4 nitrogen and oxygen atoms in total. The highest BCUT2D eigenvalue weighted by Crippen LogP contribution is 2.18. The summed E-state index contributed by atoms with van der Waals surface area (Å²) in [6.45, 7) is 2.20. The third kappa shape index (κ3) is 5.72. The number of carbonyl (C=O) groups is 1. The Labute approximate surface area is 143 Å². The standard InChI is InChI=1S/C15H22FN3O.2ClH/c1-19(2)14(11-3-5-13(16)6-4-11)10-18-15(20)12-7-8-17-9-12;;/h3-6,12,14,17H,7-10H2,1-2H3,(H,18,20);2*1H. The molecule has 1 aliphatic heterocycles. The lowest BCUT2D eigenvalue weighted by Crippen LogP contribution is -2.38. The summed E-state index contributed by atoms with van der Waals surface area (Å²) in [5, 5.41) is 6.19. The van der Waals surface area contributed by atoms with Gasteiger partial charge in [-0.2, -0.15) is 0 Å². The lowest BCUT2D eigenvalue weighted by atomic mass is 10.0. The van der Waals surface area contributed by atoms with Crippen LogP contribution in [0.3, 0.4) is 0 Å². The zero-order valence-corrected chi connectivity index (χ0v) is 14.5. The van der Waals surface area contributed by atoms with Crippen molar-refractivity contribution in [3.63, 3.8) is 0 Å². The maximum Gasteiger partial charge on any atom is 0.224 e. The fraction of sp³-hybridized carbons (Fsp3) is 0.533. The van der Waals surface area contributed by atoms with Crippen LogP contribution in [0.5, 0.6) is 0 Å². The zero-order valence-electron chi connectivity index (χ0n) is 12.8. The molecule has 0 radical (unpaired) electrons. The summed E-state index contributed by atoms with van der Waals surface area (Å²) >= 11 is 0. The van der Waals surface area contributed by atoms with E-state index < -0.39 is 0 Å². The molecule has 1 amide bonds. The van der Waals surface area contributed by atoms with Gasteiger partial charge in [0.15, 0.2) is 0 Å². The van der Waals surface area contributed by atoms with Crippen molar-refractivity contribution in [3.8, 4) is 0 Å². The molecule has 7 heteroatoms. The van der Waals surface area contributed by atoms with Crippen molar-refractivity contribution in [2.24, 2.45) is 5.92 Å². The lowest BCUT2D eigenvalue weighted by Gasteiger charge is -2.25. The molecule has 1 aromatic carbocycles. The minimum Gasteiger partial charge on any atom is -0.354 e. The predicted molar refractivity (Wildman–Crippen MR) is 91.3 cm³/mol. The second-order valence-corrected chi connectivity index (χ2v) is 5.47. The molecule has 2 unspecified atom stereocenters. The van der Waals surface area contributed by atoms with Crippen LogP contribution in [0.25, 0.3) is 0 Å². The number of hydrogen-bond donors (Lipinski definition) is 2. The number of nitrogens with one attached hydrogen (secondary N) is 2. The van der Waals surface area contributed by atoms with Gasteiger partial charge >= 0.3 is 0 Å². The van der Waals surface area contributed by atoms with Crippen molar-refractivity contribution in [1.29, 1.82) is 0 Å². The van der Waals surface area contributed by atoms with E-state index in [0.717, 1.165) is 25.1 Å². The van der Waals surface area contributed by atoms with Gasteiger partial charge in [-0.05, 0) is 44.8 Å². The summed E-state index contributed by atoms with van der Waals surface area (Å²) in [7, 11) is 3.91. The molecule has 2 rings (SSSR count). The maximum absolute atomic E-state index is 13.0. The number of carbonyl (C=O) groups excluding carboxylic acids is 1. The molecule has 0 bridgehead atoms. The van der Waals surface area contributed by atoms with Crippen LogP contribution in [0.4, 0.5) is 4.39 Å². The Balaban J connectivity index is 0.00000220. The van der Waals surface area contributed by atoms with Crippen molar-refractivity contribution >= 4 is 30.7 Å². The zero-order chi connectivity index (χ0) is 14.5. The summed E-state index contributed by atoms with van der Waals surface area (Å²) in [6, 6.07) is 6.49. The monoisotopic (exact) mass is 351 g/mol. The molecule has 0 aliphatic carbocycles. The van der Waals surface area contributed by atoms with E-state index in [-0.39, 0.29) is 48.5 Å². The van der Waals surface area contributed by atoms with Crippen LogP contribution < -0.4 is 10.6 Å². The van der Waals surface area contributed by atoms with Crippen molar-refractivity contribution in [2.45, 2.75) is 12.5 Å². The first-order valence-corrected chi connectivity index (χ1v) is 6.98. The lowest BCUT2D eigenvalue weighted by molar-refractivity contribution is -0.124. The number of benzene rings is 1. The van der Waals surface area contributed by atoms with Crippen LogP contribution in [-0.4, -0.2) is 44.5 Å². The molecular formula is C15H24Cl2FN3O. The number of likely N-dealkylation sites (N-methyl/N-ethyl adjacent to an activating group) is 1. The molecule has 1 aromatic rings. The molecule has 126 valence electrons. The van der Waals surface area contributed by atoms with Gasteiger partial charge < -0.3 is 15.5 Å². The van der Waals surface area contributed by atoms with Gasteiger partial charge in [-0.1, -0.05) is 12.1 Å². The first-order valence-electron chi connectivity index (χ1n) is 6.98. The first kappa shape index (κ1) is 21.1. The second kappa shape index (κ2) is 10.0. The van der Waals surface area contributed by atoms with Crippen molar-refractivity contribution in [2.75, 3.05) is 33.7 Å². The van der Waals surface area contributed by atoms with Gasteiger partial charge in [0.2, 0.25) is 5.91 Å². The first-order chi connectivity index (χ1) is 9.58. The Morgan fingerprint density at radius 3 is 2.50 bits per heavy atom. The quantitative estimate of drug-likeness (QED) is 0.852. The van der Waals surface area contributed by atoms with E-state index in [0.29, 0.717) is 6.54 Å². The van der Waals surface area contributed by atoms with Crippen LogP contribution in [-0.2, 0) is 4.79 Å². The Morgan fingerprint density at radius 2 is 2.00 bits per heavy atom. The molecular weight excluding hydrogens is 328 g/mol. The average molecular weight is 352 g/mol. The Kier molecular flexibility index (Phi) is 9.60. The average Bonchev–Trinajstić information content (AvgIpc) is 2.94. The number of rotatable bonds is 5. The smallest absolute Gasteiger partial charge is 0.224 e. The third-order valence-electron chi connectivity index (χ3n) is 3.78. The number of nitrogens with zero attached hydrogens (tertiary/aromatic N) is 1. The van der Waals surface area contributed by atoms with Crippen molar-refractivity contribution < 1.29 is 9.18 Å². The molecule has 22 heavy (non-hydrogen) atoms. The third-order valence-corrected chi connectivity index (χ3v) is 3.78. The summed E-state index contributed by atoms with van der Waals surface area (Å²) in [5.41, 5.74) is 1.00. The summed E-state index contributed by atoms with van der Waals surface area (Å²) in [5.74, 6) is -0.0673. The highest BCUT2D eigenvalue weighted by atomic mass is 35.5. The molecule has 1 heterocycles. The van der Waals surface area contributed by atoms with Crippen LogP contribution in [0.15, 0.2) is 24.3 Å². The SMILES string of the molecule is CN(C)C(CNC(=O)C1CCNC1)c1ccc(F)cc1.Cl.Cl. The van der Waals surface area contributed by atoms with Crippen LogP contribution >= 0.6 is 24.8 Å². The fourth-order valence-electron chi connectivity index (χ4n) is 2.50. The number of hydrogen-bond acceptors (Lipinski definition) is 3. The fourth-order valence-corrected chi connectivity index (χ4v) is 2.50. The largest absolute Gasteiger partial charge is 0.354 e. The summed E-state index contributed by atoms with van der Waals surface area (Å²) < 4.78 is 13.0. The van der Waals surface area contributed by atoms with Gasteiger partial charge in [0.1, 0.15) is 5.82 Å². The second-order valence-electron chi connectivity index (χ2n) is 5.47. The van der Waals surface area contributed by atoms with E-state index >= 15 is 0 Å². The summed E-state index contributed by atoms with van der Waals surface area (Å²) in [4.78, 5) is 14.1. The molecule has 1 saturated heterocycles. The van der Waals surface area contributed by atoms with Crippen molar-refractivity contribution in [3.05, 3.63) is 35.6 Å². The van der Waals surface area contributed by atoms with Crippen molar-refractivity contribution in [1.82, 2.24) is 15.5 Å². The van der Waals surface area contributed by atoms with E-state index in [1.165, 1.54) is 12.1 Å². The normalized spacial score (nSPS) is 18.3. The van der Waals surface area contributed by atoms with E-state index in [1.807, 2.05) is 19.0 Å². The van der Waals surface area contributed by atoms with E-state index in [2.05, 4.69) is 10.6 Å². The topological polar surface area (TPSA) is 44.4 Å². The number of amides is 1. The van der Waals surface area contributed by atoms with Crippen LogP contribution in [0.2, 0.25) is 0 Å². The van der Waals surface area contributed by atoms with Gasteiger partial charge in [0.05, 0.1) is 12.0 Å². The van der Waals surface area contributed by atoms with Gasteiger partial charge in [-0.25, -0.2) is 4.39 Å². The molecule has 2 N–H and O–H groups in total. The van der Waals surface area contributed by atoms with Gasteiger partial charge in [0, 0.05) is 13.1 Å². The maximum atomic E-state index is 13.0. The number of halogens is 3. The molecule has 0 aromatic heterocycles. The minimum absolute atomic E-state index is 0. The Hall–Kier alpha value is -0.880. The predicted octanol–water partition coefficient (Wildman–Crippen LogP) is 2.00. The molecule has 1 fully saturated rings. The van der Waals surface area contributed by atoms with Crippen LogP contribution in [0.1, 0.15) is 18.0 Å². The minimum atomic E-state index is -0.243.